The van der Waals surface area contributed by atoms with E-state index < -0.39 is 0 Å². The molecule has 20 heavy (non-hydrogen) atoms. The molecule has 0 radical (unpaired) electrons. The lowest BCUT2D eigenvalue weighted by molar-refractivity contribution is 0.532. The van der Waals surface area contributed by atoms with Gasteiger partial charge in [-0.3, -0.25) is 4.98 Å². The van der Waals surface area contributed by atoms with Gasteiger partial charge in [-0.1, -0.05) is 12.8 Å². The molecule has 0 aliphatic rings. The maximum atomic E-state index is 4.59. The van der Waals surface area contributed by atoms with Gasteiger partial charge in [0, 0.05) is 17.4 Å². The molecule has 1 aromatic heterocycles. The second-order valence-electron chi connectivity index (χ2n) is 5.66. The van der Waals surface area contributed by atoms with Crippen LogP contribution in [0.3, 0.4) is 0 Å². The summed E-state index contributed by atoms with van der Waals surface area (Å²) in [7, 11) is 0. The molecule has 2 nitrogen and oxygen atoms in total. The predicted molar refractivity (Wildman–Crippen MR) is 91.7 cm³/mol. The molecular formula is C17H30N2S. The number of hydrogen-bond acceptors (Lipinski definition) is 3. The van der Waals surface area contributed by atoms with Crippen molar-refractivity contribution in [3.05, 3.63) is 28.6 Å². The predicted octanol–water partition coefficient (Wildman–Crippen LogP) is 4.58. The van der Waals surface area contributed by atoms with Crippen LogP contribution in [0, 0.1) is 20.8 Å². The van der Waals surface area contributed by atoms with Gasteiger partial charge in [0.1, 0.15) is 0 Å². The lowest BCUT2D eigenvalue weighted by atomic mass is 10.0. The average molecular weight is 295 g/mol. The second-order valence-corrected chi connectivity index (χ2v) is 6.65. The molecule has 0 saturated carbocycles. The smallest absolute Gasteiger partial charge is 0.0426 e. The van der Waals surface area contributed by atoms with Gasteiger partial charge in [0.25, 0.3) is 0 Å². The van der Waals surface area contributed by atoms with Crippen molar-refractivity contribution < 1.29 is 0 Å². The van der Waals surface area contributed by atoms with E-state index in [-0.39, 0.29) is 0 Å². The normalized spacial score (nSPS) is 12.7. The first-order chi connectivity index (χ1) is 9.56. The molecule has 0 bridgehead atoms. The second kappa shape index (κ2) is 9.41. The minimum Gasteiger partial charge on any atom is -0.310 e. The zero-order valence-electron chi connectivity index (χ0n) is 13.8. The standard InChI is InChI=1S/C17H30N2S/c1-13-12-14(2)19-16(4)17(13)15(3)18-10-8-6-7-9-11-20-5/h12,15,18H,6-11H2,1-5H3. The maximum Gasteiger partial charge on any atom is 0.0426 e. The van der Waals surface area contributed by atoms with Crippen LogP contribution in [0.15, 0.2) is 6.07 Å². The third-order valence-corrected chi connectivity index (χ3v) is 4.44. The SMILES string of the molecule is CSCCCCCCNC(C)c1c(C)cc(C)nc1C. The fourth-order valence-electron chi connectivity index (χ4n) is 2.83. The Hall–Kier alpha value is -0.540. The number of rotatable bonds is 9. The van der Waals surface area contributed by atoms with E-state index in [1.165, 1.54) is 48.3 Å². The van der Waals surface area contributed by atoms with Crippen molar-refractivity contribution in [2.45, 2.75) is 59.4 Å². The molecule has 1 heterocycles. The quantitative estimate of drug-likeness (QED) is 0.675. The molecule has 0 aliphatic heterocycles. The number of aryl methyl sites for hydroxylation is 3. The minimum absolute atomic E-state index is 0.397. The van der Waals surface area contributed by atoms with Crippen LogP contribution in [-0.2, 0) is 0 Å². The Labute approximate surface area is 129 Å². The molecule has 1 rings (SSSR count). The number of unbranched alkanes of at least 4 members (excludes halogenated alkanes) is 3. The molecule has 0 spiro atoms. The Morgan fingerprint density at radius 3 is 2.50 bits per heavy atom. The number of aromatic nitrogens is 1. The van der Waals surface area contributed by atoms with Crippen molar-refractivity contribution in [1.29, 1.82) is 0 Å². The molecule has 3 heteroatoms. The fraction of sp³-hybridized carbons (Fsp3) is 0.706. The van der Waals surface area contributed by atoms with Gasteiger partial charge in [-0.15, -0.1) is 0 Å². The maximum absolute atomic E-state index is 4.59. The van der Waals surface area contributed by atoms with E-state index in [1.54, 1.807) is 0 Å². The molecule has 114 valence electrons. The molecular weight excluding hydrogens is 264 g/mol. The summed E-state index contributed by atoms with van der Waals surface area (Å²) in [5, 5.41) is 3.65. The Balaban J connectivity index is 2.34. The summed E-state index contributed by atoms with van der Waals surface area (Å²) in [4.78, 5) is 4.59. The van der Waals surface area contributed by atoms with E-state index in [0.717, 1.165) is 12.2 Å². The zero-order valence-corrected chi connectivity index (χ0v) is 14.6. The van der Waals surface area contributed by atoms with Crippen molar-refractivity contribution in [1.82, 2.24) is 10.3 Å². The van der Waals surface area contributed by atoms with Gasteiger partial charge in [0.05, 0.1) is 0 Å². The molecule has 1 unspecified atom stereocenters. The number of thioether (sulfide) groups is 1. The molecule has 1 N–H and O–H groups in total. The topological polar surface area (TPSA) is 24.9 Å². The summed E-state index contributed by atoms with van der Waals surface area (Å²) in [6.07, 6.45) is 7.52. The van der Waals surface area contributed by atoms with Gasteiger partial charge in [-0.05, 0) is 76.3 Å². The third kappa shape index (κ3) is 5.84. The first-order valence-corrected chi connectivity index (χ1v) is 9.12. The van der Waals surface area contributed by atoms with Crippen molar-refractivity contribution in [3.8, 4) is 0 Å². The van der Waals surface area contributed by atoms with E-state index in [2.05, 4.69) is 50.3 Å². The van der Waals surface area contributed by atoms with Crippen LogP contribution in [-0.4, -0.2) is 23.5 Å². The van der Waals surface area contributed by atoms with Gasteiger partial charge in [-0.25, -0.2) is 0 Å². The van der Waals surface area contributed by atoms with Crippen LogP contribution in [0.5, 0.6) is 0 Å². The van der Waals surface area contributed by atoms with E-state index >= 15 is 0 Å². The Morgan fingerprint density at radius 2 is 1.85 bits per heavy atom. The molecule has 0 amide bonds. The molecule has 0 saturated heterocycles. The average Bonchev–Trinajstić information content (AvgIpc) is 2.36. The monoisotopic (exact) mass is 294 g/mol. The van der Waals surface area contributed by atoms with E-state index in [1.807, 2.05) is 11.8 Å². The van der Waals surface area contributed by atoms with Crippen molar-refractivity contribution in [3.63, 3.8) is 0 Å². The van der Waals surface area contributed by atoms with Gasteiger partial charge in [0.15, 0.2) is 0 Å². The number of nitrogens with zero attached hydrogens (tertiary/aromatic N) is 1. The number of hydrogen-bond donors (Lipinski definition) is 1. The lowest BCUT2D eigenvalue weighted by Gasteiger charge is -2.19. The highest BCUT2D eigenvalue weighted by Gasteiger charge is 2.12. The van der Waals surface area contributed by atoms with Crippen LogP contribution in [0.4, 0.5) is 0 Å². The number of nitrogens with one attached hydrogen (secondary N) is 1. The molecule has 0 aliphatic carbocycles. The number of pyridine rings is 1. The lowest BCUT2D eigenvalue weighted by Crippen LogP contribution is -2.22. The highest BCUT2D eigenvalue weighted by molar-refractivity contribution is 7.98. The Morgan fingerprint density at radius 1 is 1.15 bits per heavy atom. The summed E-state index contributed by atoms with van der Waals surface area (Å²) < 4.78 is 0. The van der Waals surface area contributed by atoms with E-state index in [0.29, 0.717) is 6.04 Å². The highest BCUT2D eigenvalue weighted by Crippen LogP contribution is 2.21. The fourth-order valence-corrected chi connectivity index (χ4v) is 3.33. The zero-order chi connectivity index (χ0) is 15.0. The van der Waals surface area contributed by atoms with Crippen molar-refractivity contribution in [2.75, 3.05) is 18.6 Å². The molecule has 0 aromatic carbocycles. The van der Waals surface area contributed by atoms with Crippen LogP contribution >= 0.6 is 11.8 Å². The summed E-state index contributed by atoms with van der Waals surface area (Å²) in [5.74, 6) is 1.30. The van der Waals surface area contributed by atoms with Crippen LogP contribution in [0.25, 0.3) is 0 Å². The summed E-state index contributed by atoms with van der Waals surface area (Å²) in [5.41, 5.74) is 5.01. The van der Waals surface area contributed by atoms with Crippen LogP contribution < -0.4 is 5.32 Å². The Kier molecular flexibility index (Phi) is 8.24. The van der Waals surface area contributed by atoms with Crippen molar-refractivity contribution >= 4 is 11.8 Å². The van der Waals surface area contributed by atoms with Crippen LogP contribution in [0.1, 0.15) is 61.2 Å². The first-order valence-electron chi connectivity index (χ1n) is 7.73. The third-order valence-electron chi connectivity index (χ3n) is 3.74. The van der Waals surface area contributed by atoms with Gasteiger partial charge < -0.3 is 5.32 Å². The van der Waals surface area contributed by atoms with Gasteiger partial charge >= 0.3 is 0 Å². The first kappa shape index (κ1) is 17.5. The van der Waals surface area contributed by atoms with Gasteiger partial charge in [-0.2, -0.15) is 11.8 Å². The van der Waals surface area contributed by atoms with Crippen LogP contribution in [0.2, 0.25) is 0 Å². The van der Waals surface area contributed by atoms with E-state index in [4.69, 9.17) is 0 Å². The molecule has 1 aromatic rings. The summed E-state index contributed by atoms with van der Waals surface area (Å²) in [6.45, 7) is 9.73. The summed E-state index contributed by atoms with van der Waals surface area (Å²) >= 11 is 1.95. The molecule has 0 fully saturated rings. The summed E-state index contributed by atoms with van der Waals surface area (Å²) in [6, 6.07) is 2.58. The van der Waals surface area contributed by atoms with Gasteiger partial charge in [0.2, 0.25) is 0 Å². The van der Waals surface area contributed by atoms with Crippen molar-refractivity contribution in [2.24, 2.45) is 0 Å². The van der Waals surface area contributed by atoms with E-state index in [9.17, 15) is 0 Å². The Bertz CT molecular complexity index is 381. The molecule has 1 atom stereocenters. The minimum atomic E-state index is 0.397. The highest BCUT2D eigenvalue weighted by atomic mass is 32.2. The largest absolute Gasteiger partial charge is 0.310 e.